The molecule has 1 aromatic rings. The molecule has 3 rings (SSSR count). The van der Waals surface area contributed by atoms with Gasteiger partial charge in [-0.1, -0.05) is 43.0 Å². The number of rotatable bonds is 3. The molecule has 0 bridgehead atoms. The summed E-state index contributed by atoms with van der Waals surface area (Å²) < 4.78 is 0. The molecule has 1 heterocycles. The van der Waals surface area contributed by atoms with Gasteiger partial charge in [-0.15, -0.1) is 0 Å². The number of nitrogens with one attached hydrogen (secondary N) is 1. The van der Waals surface area contributed by atoms with Gasteiger partial charge in [-0.05, 0) is 74.2 Å². The minimum Gasteiger partial charge on any atom is -0.316 e. The van der Waals surface area contributed by atoms with Crippen molar-refractivity contribution in [3.8, 4) is 0 Å². The molecule has 1 aliphatic carbocycles. The first kappa shape index (κ1) is 14.4. The van der Waals surface area contributed by atoms with Crippen molar-refractivity contribution in [3.05, 3.63) is 34.3 Å². The topological polar surface area (TPSA) is 12.0 Å². The smallest absolute Gasteiger partial charge is 0.0443 e. The average molecular weight is 292 g/mol. The van der Waals surface area contributed by atoms with E-state index in [2.05, 4.69) is 23.5 Å². The summed E-state index contributed by atoms with van der Waals surface area (Å²) in [5.41, 5.74) is 2.82. The molecule has 0 radical (unpaired) electrons. The van der Waals surface area contributed by atoms with Crippen LogP contribution < -0.4 is 5.32 Å². The molecule has 110 valence electrons. The quantitative estimate of drug-likeness (QED) is 0.832. The van der Waals surface area contributed by atoms with Gasteiger partial charge in [0.1, 0.15) is 0 Å². The Morgan fingerprint density at radius 3 is 2.60 bits per heavy atom. The van der Waals surface area contributed by atoms with Gasteiger partial charge >= 0.3 is 0 Å². The van der Waals surface area contributed by atoms with Gasteiger partial charge in [0.05, 0.1) is 0 Å². The van der Waals surface area contributed by atoms with E-state index in [1.54, 1.807) is 0 Å². The molecule has 0 spiro atoms. The van der Waals surface area contributed by atoms with Crippen LogP contribution >= 0.6 is 11.6 Å². The molecule has 1 unspecified atom stereocenters. The van der Waals surface area contributed by atoms with Crippen LogP contribution in [0.4, 0.5) is 0 Å². The summed E-state index contributed by atoms with van der Waals surface area (Å²) in [7, 11) is 0. The molecule has 1 saturated carbocycles. The van der Waals surface area contributed by atoms with Crippen molar-refractivity contribution in [1.82, 2.24) is 5.32 Å². The SMILES string of the molecule is Clc1cc(CC2CCCNC2)ccc1C1CCCCC1. The maximum Gasteiger partial charge on any atom is 0.0443 e. The minimum absolute atomic E-state index is 0.710. The van der Waals surface area contributed by atoms with Crippen LogP contribution in [0.5, 0.6) is 0 Å². The first-order chi connectivity index (χ1) is 9.83. The monoisotopic (exact) mass is 291 g/mol. The zero-order valence-electron chi connectivity index (χ0n) is 12.3. The Morgan fingerprint density at radius 2 is 1.90 bits per heavy atom. The maximum atomic E-state index is 6.56. The predicted octanol–water partition coefficient (Wildman–Crippen LogP) is 4.93. The van der Waals surface area contributed by atoms with Gasteiger partial charge in [0, 0.05) is 5.02 Å². The van der Waals surface area contributed by atoms with Crippen LogP contribution in [-0.2, 0) is 6.42 Å². The van der Waals surface area contributed by atoms with E-state index in [1.807, 2.05) is 0 Å². The zero-order chi connectivity index (χ0) is 13.8. The summed E-state index contributed by atoms with van der Waals surface area (Å²) in [5, 5.41) is 4.51. The Labute approximate surface area is 128 Å². The minimum atomic E-state index is 0.710. The van der Waals surface area contributed by atoms with Crippen molar-refractivity contribution in [2.75, 3.05) is 13.1 Å². The molecular weight excluding hydrogens is 266 g/mol. The third kappa shape index (κ3) is 3.56. The van der Waals surface area contributed by atoms with Crippen molar-refractivity contribution in [1.29, 1.82) is 0 Å². The van der Waals surface area contributed by atoms with Gasteiger partial charge in [-0.2, -0.15) is 0 Å². The lowest BCUT2D eigenvalue weighted by molar-refractivity contribution is 0.376. The molecule has 2 fully saturated rings. The van der Waals surface area contributed by atoms with Crippen LogP contribution in [0.25, 0.3) is 0 Å². The summed E-state index contributed by atoms with van der Waals surface area (Å²) in [5.74, 6) is 1.50. The highest BCUT2D eigenvalue weighted by molar-refractivity contribution is 6.31. The number of hydrogen-bond donors (Lipinski definition) is 1. The van der Waals surface area contributed by atoms with Crippen molar-refractivity contribution in [3.63, 3.8) is 0 Å². The van der Waals surface area contributed by atoms with Crippen LogP contribution in [0.1, 0.15) is 62.0 Å². The second-order valence-corrected chi connectivity index (χ2v) is 7.01. The first-order valence-electron chi connectivity index (χ1n) is 8.32. The van der Waals surface area contributed by atoms with E-state index < -0.39 is 0 Å². The summed E-state index contributed by atoms with van der Waals surface area (Å²) >= 11 is 6.56. The van der Waals surface area contributed by atoms with Crippen molar-refractivity contribution in [2.24, 2.45) is 5.92 Å². The molecule has 1 nitrogen and oxygen atoms in total. The largest absolute Gasteiger partial charge is 0.316 e. The third-order valence-corrected chi connectivity index (χ3v) is 5.36. The van der Waals surface area contributed by atoms with E-state index in [1.165, 1.54) is 75.6 Å². The van der Waals surface area contributed by atoms with E-state index in [4.69, 9.17) is 11.6 Å². The second kappa shape index (κ2) is 6.95. The standard InChI is InChI=1S/C18H26ClN/c19-18-12-14(11-15-5-4-10-20-13-15)8-9-17(18)16-6-2-1-3-7-16/h8-9,12,15-16,20H,1-7,10-11,13H2. The summed E-state index contributed by atoms with van der Waals surface area (Å²) in [4.78, 5) is 0. The number of hydrogen-bond acceptors (Lipinski definition) is 1. The highest BCUT2D eigenvalue weighted by atomic mass is 35.5. The van der Waals surface area contributed by atoms with Crippen molar-refractivity contribution in [2.45, 2.75) is 57.3 Å². The Balaban J connectivity index is 1.66. The number of benzene rings is 1. The van der Waals surface area contributed by atoms with Gasteiger partial charge in [0.2, 0.25) is 0 Å². The van der Waals surface area contributed by atoms with Gasteiger partial charge in [-0.3, -0.25) is 0 Å². The molecule has 20 heavy (non-hydrogen) atoms. The Morgan fingerprint density at radius 1 is 1.05 bits per heavy atom. The second-order valence-electron chi connectivity index (χ2n) is 6.61. The predicted molar refractivity (Wildman–Crippen MR) is 86.6 cm³/mol. The molecule has 2 aliphatic rings. The van der Waals surface area contributed by atoms with Crippen molar-refractivity contribution >= 4 is 11.6 Å². The third-order valence-electron chi connectivity index (χ3n) is 5.03. The van der Waals surface area contributed by atoms with Gasteiger partial charge in [0.15, 0.2) is 0 Å². The molecule has 0 amide bonds. The fourth-order valence-corrected chi connectivity index (χ4v) is 4.23. The Bertz CT molecular complexity index is 431. The lowest BCUT2D eigenvalue weighted by atomic mass is 9.83. The molecule has 1 atom stereocenters. The van der Waals surface area contributed by atoms with Crippen LogP contribution in [-0.4, -0.2) is 13.1 Å². The van der Waals surface area contributed by atoms with Crippen LogP contribution in [0, 0.1) is 5.92 Å². The number of halogens is 1. The van der Waals surface area contributed by atoms with Crippen LogP contribution in [0.15, 0.2) is 18.2 Å². The molecule has 1 N–H and O–H groups in total. The van der Waals surface area contributed by atoms with E-state index in [9.17, 15) is 0 Å². The molecule has 2 heteroatoms. The van der Waals surface area contributed by atoms with Crippen molar-refractivity contribution < 1.29 is 0 Å². The highest BCUT2D eigenvalue weighted by Gasteiger charge is 2.19. The Hall–Kier alpha value is -0.530. The lowest BCUT2D eigenvalue weighted by Crippen LogP contribution is -2.30. The summed E-state index contributed by atoms with van der Waals surface area (Å²) in [6.07, 6.45) is 10.6. The lowest BCUT2D eigenvalue weighted by Gasteiger charge is -2.25. The zero-order valence-corrected chi connectivity index (χ0v) is 13.1. The fourth-order valence-electron chi connectivity index (χ4n) is 3.87. The molecule has 1 aliphatic heterocycles. The molecule has 1 aromatic carbocycles. The highest BCUT2D eigenvalue weighted by Crippen LogP contribution is 2.36. The molecular formula is C18H26ClN. The maximum absolute atomic E-state index is 6.56. The van der Waals surface area contributed by atoms with E-state index in [0.717, 1.165) is 10.9 Å². The van der Waals surface area contributed by atoms with Crippen LogP contribution in [0.2, 0.25) is 5.02 Å². The van der Waals surface area contributed by atoms with Gasteiger partial charge < -0.3 is 5.32 Å². The van der Waals surface area contributed by atoms with E-state index >= 15 is 0 Å². The van der Waals surface area contributed by atoms with E-state index in [0.29, 0.717) is 5.92 Å². The summed E-state index contributed by atoms with van der Waals surface area (Å²) in [6, 6.07) is 6.87. The Kier molecular flexibility index (Phi) is 5.01. The van der Waals surface area contributed by atoms with E-state index in [-0.39, 0.29) is 0 Å². The van der Waals surface area contributed by atoms with Crippen LogP contribution in [0.3, 0.4) is 0 Å². The average Bonchev–Trinajstić information content (AvgIpc) is 2.49. The number of piperidine rings is 1. The van der Waals surface area contributed by atoms with Gasteiger partial charge in [0.25, 0.3) is 0 Å². The summed E-state index contributed by atoms with van der Waals surface area (Å²) in [6.45, 7) is 2.36. The molecule has 1 saturated heterocycles. The van der Waals surface area contributed by atoms with Gasteiger partial charge in [-0.25, -0.2) is 0 Å². The molecule has 0 aromatic heterocycles. The fraction of sp³-hybridized carbons (Fsp3) is 0.667. The first-order valence-corrected chi connectivity index (χ1v) is 8.70. The normalized spacial score (nSPS) is 24.8.